The summed E-state index contributed by atoms with van der Waals surface area (Å²) in [5.74, 6) is -0.108. The van der Waals surface area contributed by atoms with Gasteiger partial charge in [0, 0.05) is 5.41 Å². The Morgan fingerprint density at radius 3 is 2.31 bits per heavy atom. The van der Waals surface area contributed by atoms with Crippen molar-refractivity contribution in [1.29, 1.82) is 0 Å². The first-order chi connectivity index (χ1) is 7.25. The Bertz CT molecular complexity index is 376. The average Bonchev–Trinajstić information content (AvgIpc) is 2.51. The highest BCUT2D eigenvalue weighted by Gasteiger charge is 2.77. The van der Waals surface area contributed by atoms with E-state index in [1.54, 1.807) is 0 Å². The minimum atomic E-state index is -0.687. The maximum Gasteiger partial charge on any atom is 0.313 e. The van der Waals surface area contributed by atoms with Gasteiger partial charge in [-0.05, 0) is 18.3 Å². The summed E-state index contributed by atoms with van der Waals surface area (Å²) in [6.07, 6.45) is 1.50. The van der Waals surface area contributed by atoms with Crippen molar-refractivity contribution in [3.05, 3.63) is 0 Å². The van der Waals surface area contributed by atoms with Crippen molar-refractivity contribution < 1.29 is 14.3 Å². The number of hydrogen-bond donors (Lipinski definition) is 0. The van der Waals surface area contributed by atoms with E-state index in [2.05, 4.69) is 15.9 Å². The van der Waals surface area contributed by atoms with Gasteiger partial charge in [-0.1, -0.05) is 36.7 Å². The van der Waals surface area contributed by atoms with Crippen LogP contribution in [-0.2, 0) is 14.3 Å². The number of esters is 1. The van der Waals surface area contributed by atoms with Gasteiger partial charge >= 0.3 is 5.97 Å². The third-order valence-electron chi connectivity index (χ3n) is 5.27. The van der Waals surface area contributed by atoms with Gasteiger partial charge in [-0.3, -0.25) is 9.59 Å². The van der Waals surface area contributed by atoms with E-state index in [1.807, 2.05) is 20.8 Å². The molecule has 0 aliphatic heterocycles. The molecule has 0 N–H and O–H groups in total. The number of methoxy groups -OCH3 is 1. The van der Waals surface area contributed by atoms with Gasteiger partial charge in [0.15, 0.2) is 5.78 Å². The number of carbonyl (C=O) groups is 2. The van der Waals surface area contributed by atoms with Gasteiger partial charge in [0.25, 0.3) is 0 Å². The summed E-state index contributed by atoms with van der Waals surface area (Å²) < 4.78 is 4.93. The topological polar surface area (TPSA) is 43.4 Å². The lowest BCUT2D eigenvalue weighted by Crippen LogP contribution is -2.45. The monoisotopic (exact) mass is 288 g/mol. The molecular weight excluding hydrogens is 272 g/mol. The summed E-state index contributed by atoms with van der Waals surface area (Å²) in [5.41, 5.74) is -1.44. The van der Waals surface area contributed by atoms with E-state index < -0.39 is 15.7 Å². The van der Waals surface area contributed by atoms with Crippen molar-refractivity contribution in [2.75, 3.05) is 7.11 Å². The smallest absolute Gasteiger partial charge is 0.313 e. The van der Waals surface area contributed by atoms with Crippen LogP contribution < -0.4 is 0 Å². The SMILES string of the molecule is COC(=O)[C@]12CC[C@@](C)(C(=O)[C@H]1Br)C2(C)C. The van der Waals surface area contributed by atoms with Crippen molar-refractivity contribution in [3.8, 4) is 0 Å². The molecule has 0 aromatic carbocycles. The summed E-state index contributed by atoms with van der Waals surface area (Å²) >= 11 is 3.42. The predicted molar refractivity (Wildman–Crippen MR) is 63.3 cm³/mol. The summed E-state index contributed by atoms with van der Waals surface area (Å²) in [5, 5.41) is 0. The fraction of sp³-hybridized carbons (Fsp3) is 0.833. The molecule has 16 heavy (non-hydrogen) atoms. The van der Waals surface area contributed by atoms with Crippen LogP contribution in [0.15, 0.2) is 0 Å². The van der Waals surface area contributed by atoms with Gasteiger partial charge in [-0.25, -0.2) is 0 Å². The minimum Gasteiger partial charge on any atom is -0.469 e. The van der Waals surface area contributed by atoms with E-state index in [0.717, 1.165) is 12.8 Å². The molecule has 0 spiro atoms. The zero-order valence-electron chi connectivity index (χ0n) is 10.1. The molecule has 0 aromatic heterocycles. The Morgan fingerprint density at radius 1 is 1.38 bits per heavy atom. The van der Waals surface area contributed by atoms with Gasteiger partial charge in [0.1, 0.15) is 0 Å². The third kappa shape index (κ3) is 0.918. The fourth-order valence-electron chi connectivity index (χ4n) is 3.59. The van der Waals surface area contributed by atoms with Crippen LogP contribution in [0, 0.1) is 16.2 Å². The molecule has 3 nitrogen and oxygen atoms in total. The number of alkyl halides is 1. The maximum atomic E-state index is 12.3. The van der Waals surface area contributed by atoms with Crippen molar-refractivity contribution in [2.45, 2.75) is 38.4 Å². The minimum absolute atomic E-state index is 0.147. The van der Waals surface area contributed by atoms with Crippen LogP contribution in [0.1, 0.15) is 33.6 Å². The van der Waals surface area contributed by atoms with Crippen LogP contribution in [0.3, 0.4) is 0 Å². The lowest BCUT2D eigenvalue weighted by molar-refractivity contribution is -0.157. The van der Waals surface area contributed by atoms with Gasteiger partial charge in [0.2, 0.25) is 0 Å². The molecule has 2 saturated carbocycles. The first-order valence-corrected chi connectivity index (χ1v) is 6.44. The Labute approximate surface area is 104 Å². The number of rotatable bonds is 1. The van der Waals surface area contributed by atoms with Crippen molar-refractivity contribution >= 4 is 27.7 Å². The van der Waals surface area contributed by atoms with Gasteiger partial charge in [-0.15, -0.1) is 0 Å². The molecule has 90 valence electrons. The van der Waals surface area contributed by atoms with E-state index in [1.165, 1.54) is 7.11 Å². The number of Topliss-reactive ketones (excluding diaryl/α,β-unsaturated/α-hetero) is 1. The molecule has 2 rings (SSSR count). The highest BCUT2D eigenvalue weighted by Crippen LogP contribution is 2.72. The van der Waals surface area contributed by atoms with Crippen molar-refractivity contribution in [2.24, 2.45) is 16.2 Å². The summed E-state index contributed by atoms with van der Waals surface area (Å²) in [6, 6.07) is 0. The van der Waals surface area contributed by atoms with Gasteiger partial charge < -0.3 is 4.74 Å². The van der Waals surface area contributed by atoms with Crippen LogP contribution in [0.2, 0.25) is 0 Å². The highest BCUT2D eigenvalue weighted by molar-refractivity contribution is 9.10. The summed E-state index contributed by atoms with van der Waals surface area (Å²) in [7, 11) is 1.39. The van der Waals surface area contributed by atoms with Gasteiger partial charge in [-0.2, -0.15) is 0 Å². The number of fused-ring (bicyclic) bond motifs is 2. The molecular formula is C12H17BrO3. The molecule has 2 aliphatic rings. The lowest BCUT2D eigenvalue weighted by Gasteiger charge is -2.38. The number of carbonyl (C=O) groups excluding carboxylic acids is 2. The molecule has 2 bridgehead atoms. The molecule has 0 unspecified atom stereocenters. The lowest BCUT2D eigenvalue weighted by atomic mass is 9.65. The van der Waals surface area contributed by atoms with Crippen molar-refractivity contribution in [1.82, 2.24) is 0 Å². The summed E-state index contributed by atoms with van der Waals surface area (Å²) in [4.78, 5) is 24.0. The zero-order chi connectivity index (χ0) is 12.4. The van der Waals surface area contributed by atoms with Crippen LogP contribution in [-0.4, -0.2) is 23.7 Å². The standard InChI is InChI=1S/C12H17BrO3/c1-10(2)11(3)5-6-12(10,9(15)16-4)7(13)8(11)14/h7H,5-6H2,1-4H3/t7-,11+,12+/m1/s1. The van der Waals surface area contributed by atoms with E-state index in [4.69, 9.17) is 4.74 Å². The molecule has 2 aliphatic carbocycles. The average molecular weight is 289 g/mol. The van der Waals surface area contributed by atoms with Crippen molar-refractivity contribution in [3.63, 3.8) is 0 Å². The molecule has 0 amide bonds. The van der Waals surface area contributed by atoms with Crippen LogP contribution in [0.25, 0.3) is 0 Å². The Morgan fingerprint density at radius 2 is 1.94 bits per heavy atom. The second-order valence-electron chi connectivity index (χ2n) is 5.65. The molecule has 4 heteroatoms. The van der Waals surface area contributed by atoms with E-state index >= 15 is 0 Å². The first kappa shape index (κ1) is 12.1. The van der Waals surface area contributed by atoms with E-state index in [9.17, 15) is 9.59 Å². The Balaban J connectivity index is 2.63. The third-order valence-corrected chi connectivity index (χ3v) is 6.47. The maximum absolute atomic E-state index is 12.3. The molecule has 0 radical (unpaired) electrons. The fourth-order valence-corrected chi connectivity index (χ4v) is 5.08. The quantitative estimate of drug-likeness (QED) is 0.549. The number of halogens is 1. The normalized spacial score (nSPS) is 44.8. The van der Waals surface area contributed by atoms with Gasteiger partial charge in [0.05, 0.1) is 17.4 Å². The number of ether oxygens (including phenoxy) is 1. The van der Waals surface area contributed by atoms with Crippen LogP contribution in [0.5, 0.6) is 0 Å². The number of hydrogen-bond acceptors (Lipinski definition) is 3. The van der Waals surface area contributed by atoms with E-state index in [-0.39, 0.29) is 17.2 Å². The Hall–Kier alpha value is -0.380. The zero-order valence-corrected chi connectivity index (χ0v) is 11.7. The molecule has 0 heterocycles. The second kappa shape index (κ2) is 3.09. The highest BCUT2D eigenvalue weighted by atomic mass is 79.9. The summed E-state index contributed by atoms with van der Waals surface area (Å²) in [6.45, 7) is 5.99. The molecule has 0 saturated heterocycles. The van der Waals surface area contributed by atoms with Crippen LogP contribution in [0.4, 0.5) is 0 Å². The second-order valence-corrected chi connectivity index (χ2v) is 6.56. The predicted octanol–water partition coefficient (Wildman–Crippen LogP) is 2.32. The number of ketones is 1. The Kier molecular flexibility index (Phi) is 2.34. The van der Waals surface area contributed by atoms with Crippen LogP contribution >= 0.6 is 15.9 Å². The first-order valence-electron chi connectivity index (χ1n) is 5.52. The molecule has 0 aromatic rings. The largest absolute Gasteiger partial charge is 0.469 e. The van der Waals surface area contributed by atoms with E-state index in [0.29, 0.717) is 0 Å². The molecule has 2 fully saturated rings. The molecule has 3 atom stereocenters.